The van der Waals surface area contributed by atoms with Crippen LogP contribution in [0.1, 0.15) is 17.0 Å². The van der Waals surface area contributed by atoms with Crippen LogP contribution in [0, 0.1) is 13.7 Å². The molecule has 166 valence electrons. The Morgan fingerprint density at radius 1 is 1.12 bits per heavy atom. The van der Waals surface area contributed by atoms with E-state index in [1.54, 1.807) is 18.2 Å². The summed E-state index contributed by atoms with van der Waals surface area (Å²) in [4.78, 5) is 11.4. The smallest absolute Gasteiger partial charge is 0.324 e. The number of aliphatic hydroxyl groups excluding tert-OH is 1. The fourth-order valence-electron chi connectivity index (χ4n) is 3.71. The van der Waals surface area contributed by atoms with Gasteiger partial charge in [0.2, 0.25) is 5.75 Å². The molecule has 3 aromatic carbocycles. The summed E-state index contributed by atoms with van der Waals surface area (Å²) in [6.45, 7) is -0.269. The highest BCUT2D eigenvalue weighted by atomic mass is 127. The predicted octanol–water partition coefficient (Wildman–Crippen LogP) is 4.06. The van der Waals surface area contributed by atoms with E-state index in [1.165, 1.54) is 22.5 Å². The molecule has 10 heteroatoms. The van der Waals surface area contributed by atoms with Gasteiger partial charge < -0.3 is 9.84 Å². The number of rotatable bonds is 7. The molecule has 0 aliphatic carbocycles. The Bertz CT molecular complexity index is 1250. The van der Waals surface area contributed by atoms with Gasteiger partial charge in [0.1, 0.15) is 10.2 Å². The Labute approximate surface area is 198 Å². The van der Waals surface area contributed by atoms with Gasteiger partial charge in [-0.1, -0.05) is 48.5 Å². The molecule has 1 N–H and O–H groups in total. The minimum atomic E-state index is -3.94. The number of halogens is 1. The second-order valence-electron chi connectivity index (χ2n) is 7.23. The Kier molecular flexibility index (Phi) is 6.35. The molecule has 8 nitrogen and oxygen atoms in total. The van der Waals surface area contributed by atoms with Gasteiger partial charge in [-0.15, -0.1) is 0 Å². The summed E-state index contributed by atoms with van der Waals surface area (Å²) in [5.41, 5.74) is 1.30. The fourth-order valence-corrected chi connectivity index (χ4v) is 6.44. The maximum Gasteiger partial charge on any atom is 0.324 e. The molecule has 1 atom stereocenters. The van der Waals surface area contributed by atoms with Crippen LogP contribution in [0.5, 0.6) is 5.75 Å². The lowest BCUT2D eigenvalue weighted by atomic mass is 10.0. The Balaban J connectivity index is 1.83. The third-order valence-corrected chi connectivity index (χ3v) is 8.14. The quantitative estimate of drug-likeness (QED) is 0.263. The molecule has 0 aromatic heterocycles. The molecule has 0 saturated heterocycles. The largest absolute Gasteiger partial charge is 0.482 e. The summed E-state index contributed by atoms with van der Waals surface area (Å²) < 4.78 is 33.9. The number of nitrogens with zero attached hydrogens (tertiary/aromatic N) is 2. The molecular formula is C22H19IN2O6S. The average molecular weight is 566 g/mol. The van der Waals surface area contributed by atoms with Crippen molar-refractivity contribution in [3.8, 4) is 5.75 Å². The molecule has 0 spiro atoms. The maximum atomic E-state index is 13.3. The molecule has 3 aromatic rings. The van der Waals surface area contributed by atoms with Crippen LogP contribution in [0.3, 0.4) is 0 Å². The normalized spacial score (nSPS) is 15.4. The van der Waals surface area contributed by atoms with Crippen molar-refractivity contribution >= 4 is 44.0 Å². The standard InChI is InChI=1S/C22H19IN2O6S/c23-21-20-16(13-26)12-24(32(29,30)17-9-5-2-6-10-17)18(20)11-19(22(21)25(27)28)31-14-15-7-3-1-4-8-15/h1-11,16,26H,12-14H2. The van der Waals surface area contributed by atoms with Crippen LogP contribution in [0.15, 0.2) is 71.6 Å². The number of ether oxygens (including phenoxy) is 1. The molecule has 0 radical (unpaired) electrons. The first-order chi connectivity index (χ1) is 15.3. The van der Waals surface area contributed by atoms with Crippen LogP contribution in [0.25, 0.3) is 0 Å². The van der Waals surface area contributed by atoms with E-state index < -0.39 is 20.9 Å². The molecule has 1 aliphatic rings. The van der Waals surface area contributed by atoms with Gasteiger partial charge in [0.15, 0.2) is 0 Å². The van der Waals surface area contributed by atoms with Crippen LogP contribution in [-0.4, -0.2) is 31.6 Å². The van der Waals surface area contributed by atoms with Crippen molar-refractivity contribution in [2.45, 2.75) is 17.4 Å². The third-order valence-electron chi connectivity index (χ3n) is 5.26. The van der Waals surface area contributed by atoms with Gasteiger partial charge in [-0.05, 0) is 40.3 Å². The van der Waals surface area contributed by atoms with E-state index in [0.717, 1.165) is 5.56 Å². The molecule has 0 bridgehead atoms. The van der Waals surface area contributed by atoms with Gasteiger partial charge in [0.05, 0.1) is 22.1 Å². The van der Waals surface area contributed by atoms with Crippen molar-refractivity contribution in [3.05, 3.63) is 91.5 Å². The zero-order chi connectivity index (χ0) is 22.9. The van der Waals surface area contributed by atoms with E-state index in [4.69, 9.17) is 4.74 Å². The van der Waals surface area contributed by atoms with Crippen LogP contribution in [0.4, 0.5) is 11.4 Å². The summed E-state index contributed by atoms with van der Waals surface area (Å²) in [5, 5.41) is 21.8. The van der Waals surface area contributed by atoms with E-state index in [-0.39, 0.29) is 45.3 Å². The molecular weight excluding hydrogens is 547 g/mol. The zero-order valence-corrected chi connectivity index (χ0v) is 19.7. The van der Waals surface area contributed by atoms with E-state index in [2.05, 4.69) is 0 Å². The van der Waals surface area contributed by atoms with Crippen molar-refractivity contribution in [2.75, 3.05) is 17.5 Å². The van der Waals surface area contributed by atoms with Gasteiger partial charge in [0.25, 0.3) is 10.0 Å². The van der Waals surface area contributed by atoms with Crippen molar-refractivity contribution in [2.24, 2.45) is 0 Å². The highest BCUT2D eigenvalue weighted by molar-refractivity contribution is 14.1. The summed E-state index contributed by atoms with van der Waals surface area (Å²) >= 11 is 1.84. The first-order valence-corrected chi connectivity index (χ1v) is 12.2. The lowest BCUT2D eigenvalue weighted by Gasteiger charge is -2.20. The second kappa shape index (κ2) is 9.04. The van der Waals surface area contributed by atoms with Crippen LogP contribution < -0.4 is 9.04 Å². The van der Waals surface area contributed by atoms with Crippen molar-refractivity contribution in [1.29, 1.82) is 0 Å². The number of hydrogen-bond acceptors (Lipinski definition) is 6. The number of nitro benzene ring substituents is 1. The fraction of sp³-hybridized carbons (Fsp3) is 0.182. The Morgan fingerprint density at radius 2 is 1.75 bits per heavy atom. The first kappa shape index (κ1) is 22.5. The number of anilines is 1. The van der Waals surface area contributed by atoms with Crippen LogP contribution in [-0.2, 0) is 16.6 Å². The molecule has 4 rings (SSSR count). The minimum absolute atomic E-state index is 0.0155. The van der Waals surface area contributed by atoms with E-state index >= 15 is 0 Å². The SMILES string of the molecule is O=[N+]([O-])c1c(OCc2ccccc2)cc2c(c1I)C(CO)CN2S(=O)(=O)c1ccccc1. The highest BCUT2D eigenvalue weighted by Gasteiger charge is 2.41. The summed E-state index contributed by atoms with van der Waals surface area (Å²) in [7, 11) is -3.94. The monoisotopic (exact) mass is 566 g/mol. The lowest BCUT2D eigenvalue weighted by molar-refractivity contribution is -0.386. The number of fused-ring (bicyclic) bond motifs is 1. The van der Waals surface area contributed by atoms with Crippen molar-refractivity contribution in [1.82, 2.24) is 0 Å². The lowest BCUT2D eigenvalue weighted by Crippen LogP contribution is -2.30. The Morgan fingerprint density at radius 3 is 2.34 bits per heavy atom. The highest BCUT2D eigenvalue weighted by Crippen LogP contribution is 2.49. The van der Waals surface area contributed by atoms with Crippen LogP contribution >= 0.6 is 22.6 Å². The summed E-state index contributed by atoms with van der Waals surface area (Å²) in [6, 6.07) is 18.5. The van der Waals surface area contributed by atoms with Crippen molar-refractivity contribution < 1.29 is 23.2 Å². The summed E-state index contributed by atoms with van der Waals surface area (Å²) in [5.74, 6) is -0.605. The number of hydrogen-bond donors (Lipinski definition) is 1. The predicted molar refractivity (Wildman–Crippen MR) is 127 cm³/mol. The molecule has 0 amide bonds. The molecule has 0 fully saturated rings. The molecule has 1 aliphatic heterocycles. The summed E-state index contributed by atoms with van der Waals surface area (Å²) in [6.07, 6.45) is 0. The second-order valence-corrected chi connectivity index (χ2v) is 10.2. The van der Waals surface area contributed by atoms with Gasteiger partial charge in [0, 0.05) is 24.1 Å². The molecule has 0 saturated carbocycles. The Hall–Kier alpha value is -2.70. The molecule has 1 unspecified atom stereocenters. The number of nitro groups is 1. The van der Waals surface area contributed by atoms with Crippen molar-refractivity contribution in [3.63, 3.8) is 0 Å². The third kappa shape index (κ3) is 4.05. The van der Waals surface area contributed by atoms with E-state index in [1.807, 2.05) is 52.9 Å². The topological polar surface area (TPSA) is 110 Å². The maximum absolute atomic E-state index is 13.3. The van der Waals surface area contributed by atoms with E-state index in [0.29, 0.717) is 5.56 Å². The number of aliphatic hydroxyl groups is 1. The number of benzene rings is 3. The molecule has 32 heavy (non-hydrogen) atoms. The average Bonchev–Trinajstić information content (AvgIpc) is 3.18. The van der Waals surface area contributed by atoms with Gasteiger partial charge in [-0.25, -0.2) is 8.42 Å². The van der Waals surface area contributed by atoms with Gasteiger partial charge in [-0.3, -0.25) is 14.4 Å². The molecule has 1 heterocycles. The van der Waals surface area contributed by atoms with E-state index in [9.17, 15) is 23.6 Å². The van der Waals surface area contributed by atoms with Crippen LogP contribution in [0.2, 0.25) is 0 Å². The number of sulfonamides is 1. The minimum Gasteiger partial charge on any atom is -0.482 e. The van der Waals surface area contributed by atoms with Gasteiger partial charge in [-0.2, -0.15) is 0 Å². The van der Waals surface area contributed by atoms with Gasteiger partial charge >= 0.3 is 5.69 Å². The first-order valence-electron chi connectivity index (χ1n) is 9.70. The zero-order valence-electron chi connectivity index (χ0n) is 16.7.